The Morgan fingerprint density at radius 2 is 2.00 bits per heavy atom. The van der Waals surface area contributed by atoms with Gasteiger partial charge >= 0.3 is 0 Å². The van der Waals surface area contributed by atoms with E-state index >= 15 is 0 Å². The molecular formula is C10H12Cl2O3S. The van der Waals surface area contributed by atoms with Gasteiger partial charge in [0.05, 0.1) is 11.9 Å². The zero-order valence-electron chi connectivity index (χ0n) is 8.65. The van der Waals surface area contributed by atoms with E-state index in [4.69, 9.17) is 23.2 Å². The second-order valence-corrected chi connectivity index (χ2v) is 6.71. The lowest BCUT2D eigenvalue weighted by Gasteiger charge is -2.10. The van der Waals surface area contributed by atoms with E-state index in [-0.39, 0.29) is 12.2 Å². The molecule has 1 atom stereocenters. The highest BCUT2D eigenvalue weighted by Gasteiger charge is 2.14. The van der Waals surface area contributed by atoms with Crippen molar-refractivity contribution in [1.29, 1.82) is 0 Å². The van der Waals surface area contributed by atoms with Gasteiger partial charge in [0, 0.05) is 22.7 Å². The Bertz CT molecular complexity index is 471. The molecule has 90 valence electrons. The molecule has 0 aliphatic rings. The summed E-state index contributed by atoms with van der Waals surface area (Å²) in [7, 11) is -3.19. The number of halogens is 2. The molecule has 1 aromatic rings. The van der Waals surface area contributed by atoms with Gasteiger partial charge in [0.15, 0.2) is 0 Å². The summed E-state index contributed by atoms with van der Waals surface area (Å²) in [6, 6.07) is 4.87. The van der Waals surface area contributed by atoms with Crippen LogP contribution in [0.15, 0.2) is 18.2 Å². The molecule has 6 heteroatoms. The molecule has 1 rings (SSSR count). The van der Waals surface area contributed by atoms with Gasteiger partial charge in [0.1, 0.15) is 9.84 Å². The smallest absolute Gasteiger partial charge is 0.150 e. The number of aliphatic hydroxyl groups is 1. The Morgan fingerprint density at radius 3 is 2.56 bits per heavy atom. The third-order valence-electron chi connectivity index (χ3n) is 1.96. The van der Waals surface area contributed by atoms with E-state index in [2.05, 4.69) is 0 Å². The second kappa shape index (κ2) is 5.36. The molecule has 0 saturated heterocycles. The molecule has 0 aliphatic carbocycles. The SMILES string of the molecule is CS(=O)(=O)CC(O)Cc1cc(Cl)ccc1Cl. The Morgan fingerprint density at radius 1 is 1.38 bits per heavy atom. The summed E-state index contributed by atoms with van der Waals surface area (Å²) in [4.78, 5) is 0. The highest BCUT2D eigenvalue weighted by atomic mass is 35.5. The van der Waals surface area contributed by atoms with E-state index in [1.54, 1.807) is 18.2 Å². The maximum atomic E-state index is 11.0. The van der Waals surface area contributed by atoms with Crippen LogP contribution in [0, 0.1) is 0 Å². The molecule has 0 aromatic heterocycles. The van der Waals surface area contributed by atoms with Crippen LogP contribution >= 0.6 is 23.2 Å². The molecule has 0 fully saturated rings. The van der Waals surface area contributed by atoms with E-state index in [1.807, 2.05) is 0 Å². The van der Waals surface area contributed by atoms with Crippen molar-refractivity contribution in [2.24, 2.45) is 0 Å². The summed E-state index contributed by atoms with van der Waals surface area (Å²) in [5.74, 6) is -0.282. The highest BCUT2D eigenvalue weighted by molar-refractivity contribution is 7.90. The van der Waals surface area contributed by atoms with Crippen molar-refractivity contribution in [3.05, 3.63) is 33.8 Å². The van der Waals surface area contributed by atoms with Crippen molar-refractivity contribution in [2.75, 3.05) is 12.0 Å². The Hall–Kier alpha value is -0.290. The number of sulfone groups is 1. The van der Waals surface area contributed by atoms with Crippen LogP contribution in [-0.2, 0) is 16.3 Å². The molecule has 0 radical (unpaired) electrons. The standard InChI is InChI=1S/C10H12Cl2O3S/c1-16(14,15)6-9(13)5-7-4-8(11)2-3-10(7)12/h2-4,9,13H,5-6H2,1H3. The predicted molar refractivity (Wildman–Crippen MR) is 65.9 cm³/mol. The minimum Gasteiger partial charge on any atom is -0.392 e. The highest BCUT2D eigenvalue weighted by Crippen LogP contribution is 2.22. The maximum Gasteiger partial charge on any atom is 0.150 e. The molecule has 16 heavy (non-hydrogen) atoms. The van der Waals surface area contributed by atoms with E-state index in [0.717, 1.165) is 6.26 Å². The molecule has 0 heterocycles. The molecular weight excluding hydrogens is 271 g/mol. The van der Waals surface area contributed by atoms with Crippen LogP contribution in [0.1, 0.15) is 5.56 Å². The number of hydrogen-bond donors (Lipinski definition) is 1. The van der Waals surface area contributed by atoms with Crippen molar-refractivity contribution in [3.8, 4) is 0 Å². The van der Waals surface area contributed by atoms with Crippen LogP contribution in [0.5, 0.6) is 0 Å². The Balaban J connectivity index is 2.77. The largest absolute Gasteiger partial charge is 0.392 e. The Labute approximate surface area is 105 Å². The average Bonchev–Trinajstić information content (AvgIpc) is 2.08. The van der Waals surface area contributed by atoms with E-state index in [0.29, 0.717) is 15.6 Å². The van der Waals surface area contributed by atoms with Crippen LogP contribution in [0.4, 0.5) is 0 Å². The topological polar surface area (TPSA) is 54.4 Å². The zero-order valence-corrected chi connectivity index (χ0v) is 11.0. The molecule has 1 N–H and O–H groups in total. The van der Waals surface area contributed by atoms with Gasteiger partial charge in [-0.15, -0.1) is 0 Å². The van der Waals surface area contributed by atoms with Crippen LogP contribution in [-0.4, -0.2) is 31.6 Å². The van der Waals surface area contributed by atoms with Crippen LogP contribution in [0.3, 0.4) is 0 Å². The van der Waals surface area contributed by atoms with Gasteiger partial charge in [-0.05, 0) is 23.8 Å². The second-order valence-electron chi connectivity index (χ2n) is 3.69. The van der Waals surface area contributed by atoms with E-state index in [1.165, 1.54) is 0 Å². The van der Waals surface area contributed by atoms with Crippen molar-refractivity contribution in [2.45, 2.75) is 12.5 Å². The molecule has 0 aliphatic heterocycles. The summed E-state index contributed by atoms with van der Waals surface area (Å²) in [6.07, 6.45) is 0.286. The Kier molecular flexibility index (Phi) is 4.62. The fourth-order valence-corrected chi connectivity index (χ4v) is 2.57. The molecule has 3 nitrogen and oxygen atoms in total. The van der Waals surface area contributed by atoms with E-state index < -0.39 is 15.9 Å². The van der Waals surface area contributed by atoms with Crippen LogP contribution in [0.2, 0.25) is 10.0 Å². The number of hydrogen-bond acceptors (Lipinski definition) is 3. The van der Waals surface area contributed by atoms with Gasteiger partial charge in [-0.3, -0.25) is 0 Å². The van der Waals surface area contributed by atoms with Gasteiger partial charge in [-0.2, -0.15) is 0 Å². The molecule has 0 amide bonds. The summed E-state index contributed by atoms with van der Waals surface area (Å²) in [5, 5.41) is 10.5. The summed E-state index contributed by atoms with van der Waals surface area (Å²) >= 11 is 11.7. The number of aliphatic hydroxyl groups excluding tert-OH is 1. The normalized spacial score (nSPS) is 13.8. The van der Waals surface area contributed by atoms with Gasteiger partial charge in [-0.1, -0.05) is 23.2 Å². The number of rotatable bonds is 4. The van der Waals surface area contributed by atoms with Crippen molar-refractivity contribution in [1.82, 2.24) is 0 Å². The first kappa shape index (κ1) is 13.8. The molecule has 1 aromatic carbocycles. The van der Waals surface area contributed by atoms with Crippen LogP contribution in [0.25, 0.3) is 0 Å². The molecule has 1 unspecified atom stereocenters. The van der Waals surface area contributed by atoms with Crippen LogP contribution < -0.4 is 0 Å². The quantitative estimate of drug-likeness (QED) is 0.918. The van der Waals surface area contributed by atoms with Crippen molar-refractivity contribution in [3.63, 3.8) is 0 Å². The van der Waals surface area contributed by atoms with Gasteiger partial charge < -0.3 is 5.11 Å². The summed E-state index contributed by atoms with van der Waals surface area (Å²) in [5.41, 5.74) is 0.644. The van der Waals surface area contributed by atoms with Gasteiger partial charge in [-0.25, -0.2) is 8.42 Å². The molecule has 0 saturated carbocycles. The minimum atomic E-state index is -3.19. The monoisotopic (exact) mass is 282 g/mol. The fourth-order valence-electron chi connectivity index (χ4n) is 1.36. The van der Waals surface area contributed by atoms with Crippen molar-refractivity contribution >= 4 is 33.0 Å². The first-order valence-corrected chi connectivity index (χ1v) is 7.39. The summed E-state index contributed by atoms with van der Waals surface area (Å²) in [6.45, 7) is 0. The average molecular weight is 283 g/mol. The first-order valence-electron chi connectivity index (χ1n) is 4.57. The lowest BCUT2D eigenvalue weighted by Crippen LogP contribution is -2.22. The third-order valence-corrected chi connectivity index (χ3v) is 3.55. The lowest BCUT2D eigenvalue weighted by molar-refractivity contribution is 0.198. The third kappa shape index (κ3) is 4.70. The number of benzene rings is 1. The van der Waals surface area contributed by atoms with Gasteiger partial charge in [0.25, 0.3) is 0 Å². The molecule has 0 spiro atoms. The van der Waals surface area contributed by atoms with Gasteiger partial charge in [0.2, 0.25) is 0 Å². The zero-order chi connectivity index (χ0) is 12.3. The van der Waals surface area contributed by atoms with E-state index in [9.17, 15) is 13.5 Å². The maximum absolute atomic E-state index is 11.0. The predicted octanol–water partition coefficient (Wildman–Crippen LogP) is 1.94. The fraction of sp³-hybridized carbons (Fsp3) is 0.400. The summed E-state index contributed by atoms with van der Waals surface area (Å²) < 4.78 is 21.9. The first-order chi connectivity index (χ1) is 7.28. The lowest BCUT2D eigenvalue weighted by atomic mass is 10.1. The minimum absolute atomic E-state index is 0.173. The van der Waals surface area contributed by atoms with Crippen molar-refractivity contribution < 1.29 is 13.5 Å². The molecule has 0 bridgehead atoms.